The third-order valence-electron chi connectivity index (χ3n) is 2.67. The maximum atomic E-state index is 12.5. The summed E-state index contributed by atoms with van der Waals surface area (Å²) in [5, 5.41) is 11.8. The van der Waals surface area contributed by atoms with E-state index in [0.29, 0.717) is 18.8 Å². The van der Waals surface area contributed by atoms with Crippen molar-refractivity contribution in [3.05, 3.63) is 29.3 Å². The fourth-order valence-corrected chi connectivity index (χ4v) is 1.59. The highest BCUT2D eigenvalue weighted by Crippen LogP contribution is 2.31. The lowest BCUT2D eigenvalue weighted by Crippen LogP contribution is -2.26. The van der Waals surface area contributed by atoms with E-state index in [0.717, 1.165) is 12.1 Å². The van der Waals surface area contributed by atoms with E-state index < -0.39 is 11.7 Å². The number of ether oxygens (including phenoxy) is 2. The fraction of sp³-hybridized carbons (Fsp3) is 0.462. The molecule has 4 nitrogen and oxygen atoms in total. The molecule has 0 aliphatic rings. The number of hydrogen-bond donors (Lipinski definition) is 1. The van der Waals surface area contributed by atoms with Gasteiger partial charge in [-0.3, -0.25) is 0 Å². The zero-order valence-corrected chi connectivity index (χ0v) is 11.1. The van der Waals surface area contributed by atoms with Crippen LogP contribution in [-0.2, 0) is 15.7 Å². The standard InChI is InChI=1S/C13H15F3N2O2/c1-19-8-11(20-2)7-18-12-4-3-10(13(14,15)16)5-9(12)6-17/h3-5,11,18H,7-8H2,1-2H3. The Morgan fingerprint density at radius 1 is 1.35 bits per heavy atom. The van der Waals surface area contributed by atoms with Crippen LogP contribution in [0.4, 0.5) is 18.9 Å². The monoisotopic (exact) mass is 288 g/mol. The SMILES string of the molecule is COCC(CNc1ccc(C(F)(F)F)cc1C#N)OC. The Hall–Kier alpha value is -1.78. The number of hydrogen-bond acceptors (Lipinski definition) is 4. The molecule has 1 rings (SSSR count). The van der Waals surface area contributed by atoms with Crippen molar-refractivity contribution in [1.29, 1.82) is 5.26 Å². The molecule has 0 heterocycles. The van der Waals surface area contributed by atoms with Crippen LogP contribution in [0.1, 0.15) is 11.1 Å². The molecule has 0 amide bonds. The normalized spacial score (nSPS) is 12.8. The van der Waals surface area contributed by atoms with Crippen LogP contribution in [0.25, 0.3) is 0 Å². The number of rotatable bonds is 6. The second-order valence-corrected chi connectivity index (χ2v) is 4.06. The molecule has 1 aromatic carbocycles. The van der Waals surface area contributed by atoms with Crippen LogP contribution in [0.5, 0.6) is 0 Å². The summed E-state index contributed by atoms with van der Waals surface area (Å²) in [4.78, 5) is 0. The van der Waals surface area contributed by atoms with E-state index in [1.165, 1.54) is 20.3 Å². The van der Waals surface area contributed by atoms with Crippen LogP contribution >= 0.6 is 0 Å². The van der Waals surface area contributed by atoms with Crippen molar-refractivity contribution in [3.8, 4) is 6.07 Å². The molecule has 0 saturated heterocycles. The van der Waals surface area contributed by atoms with Gasteiger partial charge in [0, 0.05) is 20.8 Å². The Labute approximate surface area is 115 Å². The number of anilines is 1. The van der Waals surface area contributed by atoms with E-state index in [1.54, 1.807) is 6.07 Å². The van der Waals surface area contributed by atoms with Crippen LogP contribution in [0.15, 0.2) is 18.2 Å². The largest absolute Gasteiger partial charge is 0.416 e. The number of alkyl halides is 3. The minimum absolute atomic E-state index is 0.0629. The molecule has 0 bridgehead atoms. The van der Waals surface area contributed by atoms with Gasteiger partial charge in [-0.25, -0.2) is 0 Å². The summed E-state index contributed by atoms with van der Waals surface area (Å²) in [7, 11) is 3.02. The van der Waals surface area contributed by atoms with Crippen molar-refractivity contribution in [2.75, 3.05) is 32.7 Å². The highest BCUT2D eigenvalue weighted by Gasteiger charge is 2.31. The van der Waals surface area contributed by atoms with Gasteiger partial charge >= 0.3 is 6.18 Å². The number of nitriles is 1. The average molecular weight is 288 g/mol. The van der Waals surface area contributed by atoms with Gasteiger partial charge in [0.25, 0.3) is 0 Å². The Kier molecular flexibility index (Phi) is 5.80. The summed E-state index contributed by atoms with van der Waals surface area (Å²) in [5.41, 5.74) is -0.578. The number of benzene rings is 1. The van der Waals surface area contributed by atoms with Gasteiger partial charge in [0.05, 0.1) is 29.5 Å². The molecule has 20 heavy (non-hydrogen) atoms. The molecule has 0 aromatic heterocycles. The molecule has 0 fully saturated rings. The maximum Gasteiger partial charge on any atom is 0.416 e. The first-order valence-electron chi connectivity index (χ1n) is 5.79. The maximum absolute atomic E-state index is 12.5. The van der Waals surface area contributed by atoms with E-state index in [9.17, 15) is 13.2 Å². The number of nitrogens with one attached hydrogen (secondary N) is 1. The summed E-state index contributed by atoms with van der Waals surface area (Å²) in [6.07, 6.45) is -4.72. The first kappa shape index (κ1) is 16.3. The van der Waals surface area contributed by atoms with Gasteiger partial charge in [0.2, 0.25) is 0 Å². The molecule has 7 heteroatoms. The van der Waals surface area contributed by atoms with Crippen molar-refractivity contribution in [1.82, 2.24) is 0 Å². The second-order valence-electron chi connectivity index (χ2n) is 4.06. The van der Waals surface area contributed by atoms with Crippen molar-refractivity contribution < 1.29 is 22.6 Å². The summed E-state index contributed by atoms with van der Waals surface area (Å²) >= 11 is 0. The molecule has 0 aliphatic carbocycles. The summed E-state index contributed by atoms with van der Waals surface area (Å²) < 4.78 is 47.7. The molecular weight excluding hydrogens is 273 g/mol. The zero-order chi connectivity index (χ0) is 15.2. The van der Waals surface area contributed by atoms with Crippen LogP contribution in [0.3, 0.4) is 0 Å². The molecule has 1 atom stereocenters. The highest BCUT2D eigenvalue weighted by molar-refractivity contribution is 5.59. The highest BCUT2D eigenvalue weighted by atomic mass is 19.4. The van der Waals surface area contributed by atoms with Gasteiger partial charge in [0.1, 0.15) is 6.07 Å². The number of halogens is 3. The first-order valence-corrected chi connectivity index (χ1v) is 5.79. The number of methoxy groups -OCH3 is 2. The minimum Gasteiger partial charge on any atom is -0.382 e. The van der Waals surface area contributed by atoms with Crippen molar-refractivity contribution in [2.24, 2.45) is 0 Å². The van der Waals surface area contributed by atoms with Gasteiger partial charge in [0.15, 0.2) is 0 Å². The van der Waals surface area contributed by atoms with E-state index in [2.05, 4.69) is 5.32 Å². The molecule has 1 unspecified atom stereocenters. The van der Waals surface area contributed by atoms with Gasteiger partial charge in [-0.05, 0) is 18.2 Å². The Bertz CT molecular complexity index is 483. The second kappa shape index (κ2) is 7.12. The van der Waals surface area contributed by atoms with Crippen LogP contribution in [0, 0.1) is 11.3 Å². The van der Waals surface area contributed by atoms with Crippen molar-refractivity contribution >= 4 is 5.69 Å². The van der Waals surface area contributed by atoms with Crippen LogP contribution < -0.4 is 5.32 Å². The lowest BCUT2D eigenvalue weighted by molar-refractivity contribution is -0.137. The van der Waals surface area contributed by atoms with Crippen molar-refractivity contribution in [3.63, 3.8) is 0 Å². The van der Waals surface area contributed by atoms with Crippen LogP contribution in [0.2, 0.25) is 0 Å². The molecule has 1 N–H and O–H groups in total. The molecular formula is C13H15F3N2O2. The third kappa shape index (κ3) is 4.40. The molecule has 110 valence electrons. The van der Waals surface area contributed by atoms with Crippen LogP contribution in [-0.4, -0.2) is 33.5 Å². The molecule has 1 aromatic rings. The van der Waals surface area contributed by atoms with E-state index in [1.807, 2.05) is 0 Å². The predicted molar refractivity (Wildman–Crippen MR) is 67.3 cm³/mol. The lowest BCUT2D eigenvalue weighted by Gasteiger charge is -2.17. The molecule has 0 spiro atoms. The summed E-state index contributed by atoms with van der Waals surface area (Å²) in [5.74, 6) is 0. The topological polar surface area (TPSA) is 54.3 Å². The molecule has 0 aliphatic heterocycles. The van der Waals surface area contributed by atoms with Gasteiger partial charge in [-0.1, -0.05) is 0 Å². The first-order chi connectivity index (χ1) is 9.42. The zero-order valence-electron chi connectivity index (χ0n) is 11.1. The lowest BCUT2D eigenvalue weighted by atomic mass is 10.1. The van der Waals surface area contributed by atoms with Gasteiger partial charge in [-0.15, -0.1) is 0 Å². The quantitative estimate of drug-likeness (QED) is 0.874. The third-order valence-corrected chi connectivity index (χ3v) is 2.67. The Morgan fingerprint density at radius 3 is 2.55 bits per heavy atom. The number of nitrogens with zero attached hydrogens (tertiary/aromatic N) is 1. The Balaban J connectivity index is 2.84. The smallest absolute Gasteiger partial charge is 0.382 e. The van der Waals surface area contributed by atoms with Crippen molar-refractivity contribution in [2.45, 2.75) is 12.3 Å². The van der Waals surface area contributed by atoms with E-state index in [-0.39, 0.29) is 11.7 Å². The summed E-state index contributed by atoms with van der Waals surface area (Å²) in [6, 6.07) is 4.74. The Morgan fingerprint density at radius 2 is 2.05 bits per heavy atom. The van der Waals surface area contributed by atoms with Gasteiger partial charge in [-0.2, -0.15) is 18.4 Å². The van der Waals surface area contributed by atoms with E-state index in [4.69, 9.17) is 14.7 Å². The molecule has 0 saturated carbocycles. The van der Waals surface area contributed by atoms with Gasteiger partial charge < -0.3 is 14.8 Å². The average Bonchev–Trinajstić information content (AvgIpc) is 2.42. The fourth-order valence-electron chi connectivity index (χ4n) is 1.59. The van der Waals surface area contributed by atoms with E-state index >= 15 is 0 Å². The summed E-state index contributed by atoms with van der Waals surface area (Å²) in [6.45, 7) is 0.663. The minimum atomic E-state index is -4.46. The predicted octanol–water partition coefficient (Wildman–Crippen LogP) is 2.65. The molecule has 0 radical (unpaired) electrons.